The average molecular weight is 463 g/mol. The van der Waals surface area contributed by atoms with Gasteiger partial charge < -0.3 is 15.4 Å². The van der Waals surface area contributed by atoms with Gasteiger partial charge in [-0.15, -0.1) is 0 Å². The molecule has 5 nitrogen and oxygen atoms in total. The minimum Gasteiger partial charge on any atom is -0.484 e. The Bertz CT molecular complexity index is 886. The molecule has 0 heterocycles. The molecule has 2 N–H and O–H groups in total. The normalized spacial score (nSPS) is 11.6. The minimum absolute atomic E-state index is 0.0116. The van der Waals surface area contributed by atoms with Gasteiger partial charge in [0.25, 0.3) is 5.91 Å². The number of benzene rings is 1. The van der Waals surface area contributed by atoms with Gasteiger partial charge in [0.1, 0.15) is 17.4 Å². The predicted octanol–water partition coefficient (Wildman–Crippen LogP) is 4.84. The van der Waals surface area contributed by atoms with Crippen LogP contribution >= 0.6 is 23.2 Å². The number of carbonyl (C=O) groups excluding carboxylic acids is 2. The molecular formula is C20H19Cl2F3N2O3. The van der Waals surface area contributed by atoms with Gasteiger partial charge in [-0.05, 0) is 24.6 Å². The zero-order valence-electron chi connectivity index (χ0n) is 15.7. The number of halogens is 5. The topological polar surface area (TPSA) is 67.4 Å². The molecule has 1 aromatic rings. The van der Waals surface area contributed by atoms with E-state index in [1.54, 1.807) is 0 Å². The lowest BCUT2D eigenvalue weighted by Crippen LogP contribution is -2.29. The number of allylic oxidation sites excluding steroid dienone is 3. The Morgan fingerprint density at radius 3 is 2.50 bits per heavy atom. The van der Waals surface area contributed by atoms with Crippen LogP contribution in [0.25, 0.3) is 0 Å². The zero-order valence-corrected chi connectivity index (χ0v) is 17.3. The van der Waals surface area contributed by atoms with Gasteiger partial charge in [0, 0.05) is 35.3 Å². The first-order valence-electron chi connectivity index (χ1n) is 8.45. The fourth-order valence-electron chi connectivity index (χ4n) is 1.96. The second kappa shape index (κ2) is 12.8. The van der Waals surface area contributed by atoms with Gasteiger partial charge in [-0.25, -0.2) is 13.2 Å². The molecule has 0 fully saturated rings. The maximum atomic E-state index is 13.6. The summed E-state index contributed by atoms with van der Waals surface area (Å²) in [6, 6.07) is 3.73. The van der Waals surface area contributed by atoms with E-state index in [0.717, 1.165) is 12.1 Å². The number of carbonyl (C=O) groups is 2. The van der Waals surface area contributed by atoms with Crippen LogP contribution in [0.15, 0.2) is 65.9 Å². The van der Waals surface area contributed by atoms with E-state index in [1.807, 2.05) is 0 Å². The van der Waals surface area contributed by atoms with Crippen molar-refractivity contribution < 1.29 is 27.5 Å². The average Bonchev–Trinajstić information content (AvgIpc) is 2.67. The van der Waals surface area contributed by atoms with Crippen molar-refractivity contribution >= 4 is 35.0 Å². The molecule has 0 aromatic heterocycles. The van der Waals surface area contributed by atoms with Crippen molar-refractivity contribution in [2.45, 2.75) is 12.8 Å². The molecule has 1 aromatic carbocycles. The number of amides is 2. The summed E-state index contributed by atoms with van der Waals surface area (Å²) in [6.45, 7) is 6.06. The molecule has 1 rings (SSSR count). The fourth-order valence-corrected chi connectivity index (χ4v) is 2.18. The van der Waals surface area contributed by atoms with Gasteiger partial charge in [-0.1, -0.05) is 36.4 Å². The van der Waals surface area contributed by atoms with Crippen LogP contribution in [0.2, 0.25) is 5.02 Å². The molecule has 0 aliphatic carbocycles. The van der Waals surface area contributed by atoms with Crippen molar-refractivity contribution in [1.82, 2.24) is 10.6 Å². The van der Waals surface area contributed by atoms with Crippen LogP contribution in [0.5, 0.6) is 5.75 Å². The number of hydrogen-bond donors (Lipinski definition) is 2. The lowest BCUT2D eigenvalue weighted by atomic mass is 10.2. The van der Waals surface area contributed by atoms with Crippen LogP contribution in [0.1, 0.15) is 12.8 Å². The molecule has 0 radical (unpaired) electrons. The Morgan fingerprint density at radius 2 is 1.90 bits per heavy atom. The van der Waals surface area contributed by atoms with Crippen molar-refractivity contribution in [2.24, 2.45) is 0 Å². The molecule has 0 unspecified atom stereocenters. The highest BCUT2D eigenvalue weighted by atomic mass is 35.5. The van der Waals surface area contributed by atoms with Crippen molar-refractivity contribution in [3.63, 3.8) is 0 Å². The second-order valence-electron chi connectivity index (χ2n) is 5.87. The first-order chi connectivity index (χ1) is 14.1. The number of ether oxygens (including phenoxy) is 1. The van der Waals surface area contributed by atoms with E-state index < -0.39 is 42.2 Å². The van der Waals surface area contributed by atoms with Gasteiger partial charge in [0.15, 0.2) is 6.61 Å². The maximum Gasteiger partial charge on any atom is 0.262 e. The highest BCUT2D eigenvalue weighted by molar-refractivity contribution is 6.31. The van der Waals surface area contributed by atoms with Gasteiger partial charge in [0.05, 0.1) is 11.4 Å². The standard InChI is InChI=1S/C20H19Cl2F3N2O3/c1-12(21)7-17(24)14(9-23)10-26-19(28)6-3-13(2)27-20(29)11-30-15-4-5-16(22)18(25)8-15/h4-5,7-9H,1-3,6,10-11H2,(H,26,28)(H,27,29)/b14-9+,17-7+. The summed E-state index contributed by atoms with van der Waals surface area (Å²) in [4.78, 5) is 23.6. The summed E-state index contributed by atoms with van der Waals surface area (Å²) in [5, 5.41) is 4.55. The Labute approximate surface area is 181 Å². The molecule has 0 spiro atoms. The molecule has 0 bridgehead atoms. The molecule has 2 amide bonds. The van der Waals surface area contributed by atoms with E-state index in [4.69, 9.17) is 27.9 Å². The van der Waals surface area contributed by atoms with Crippen molar-refractivity contribution in [3.05, 3.63) is 76.7 Å². The molecule has 0 atom stereocenters. The highest BCUT2D eigenvalue weighted by Crippen LogP contribution is 2.20. The van der Waals surface area contributed by atoms with Crippen LogP contribution in [-0.2, 0) is 9.59 Å². The van der Waals surface area contributed by atoms with E-state index in [1.165, 1.54) is 12.1 Å². The Hall–Kier alpha value is -2.71. The number of nitrogens with one attached hydrogen (secondary N) is 2. The Kier molecular flexibility index (Phi) is 10.8. The largest absolute Gasteiger partial charge is 0.484 e. The summed E-state index contributed by atoms with van der Waals surface area (Å²) in [5.41, 5.74) is -0.181. The zero-order chi connectivity index (χ0) is 22.7. The number of hydrogen-bond acceptors (Lipinski definition) is 3. The maximum absolute atomic E-state index is 13.6. The SMILES string of the molecule is C=C(Cl)/C=C(F)\C(=C\F)CNC(=O)CCC(=C)NC(=O)COc1ccc(Cl)c(F)c1. The molecule has 30 heavy (non-hydrogen) atoms. The Morgan fingerprint density at radius 1 is 1.20 bits per heavy atom. The first kappa shape index (κ1) is 25.3. The summed E-state index contributed by atoms with van der Waals surface area (Å²) in [5.74, 6) is -2.61. The molecule has 162 valence electrons. The van der Waals surface area contributed by atoms with Crippen molar-refractivity contribution in [1.29, 1.82) is 0 Å². The molecule has 0 aliphatic rings. The molecule has 10 heteroatoms. The van der Waals surface area contributed by atoms with Crippen LogP contribution in [0.4, 0.5) is 13.2 Å². The smallest absolute Gasteiger partial charge is 0.262 e. The van der Waals surface area contributed by atoms with Gasteiger partial charge in [-0.3, -0.25) is 9.59 Å². The molecule has 0 saturated heterocycles. The molecule has 0 saturated carbocycles. The summed E-state index contributed by atoms with van der Waals surface area (Å²) in [6.07, 6.45) is 0.822. The first-order valence-corrected chi connectivity index (χ1v) is 9.21. The van der Waals surface area contributed by atoms with Gasteiger partial charge >= 0.3 is 0 Å². The highest BCUT2D eigenvalue weighted by Gasteiger charge is 2.10. The fraction of sp³-hybridized carbons (Fsp3) is 0.200. The van der Waals surface area contributed by atoms with E-state index in [-0.39, 0.29) is 40.7 Å². The molecule has 0 aliphatic heterocycles. The van der Waals surface area contributed by atoms with Crippen molar-refractivity contribution in [3.8, 4) is 5.75 Å². The van der Waals surface area contributed by atoms with E-state index in [9.17, 15) is 22.8 Å². The van der Waals surface area contributed by atoms with Crippen molar-refractivity contribution in [2.75, 3.05) is 13.2 Å². The van der Waals surface area contributed by atoms with Crippen LogP contribution in [0, 0.1) is 5.82 Å². The van der Waals surface area contributed by atoms with E-state index >= 15 is 0 Å². The van der Waals surface area contributed by atoms with Crippen LogP contribution in [0.3, 0.4) is 0 Å². The van der Waals surface area contributed by atoms with E-state index in [2.05, 4.69) is 23.8 Å². The lowest BCUT2D eigenvalue weighted by Gasteiger charge is -2.10. The second-order valence-corrected chi connectivity index (χ2v) is 6.76. The van der Waals surface area contributed by atoms with Crippen LogP contribution in [-0.4, -0.2) is 25.0 Å². The predicted molar refractivity (Wildman–Crippen MR) is 110 cm³/mol. The van der Waals surface area contributed by atoms with Crippen LogP contribution < -0.4 is 15.4 Å². The van der Waals surface area contributed by atoms with Gasteiger partial charge in [-0.2, -0.15) is 0 Å². The third-order valence-electron chi connectivity index (χ3n) is 3.43. The summed E-state index contributed by atoms with van der Waals surface area (Å²) in [7, 11) is 0. The third-order valence-corrected chi connectivity index (χ3v) is 3.84. The third kappa shape index (κ3) is 9.67. The summed E-state index contributed by atoms with van der Waals surface area (Å²) < 4.78 is 44.8. The monoisotopic (exact) mass is 462 g/mol. The summed E-state index contributed by atoms with van der Waals surface area (Å²) >= 11 is 11.0. The lowest BCUT2D eigenvalue weighted by molar-refractivity contribution is -0.123. The van der Waals surface area contributed by atoms with Gasteiger partial charge in [0.2, 0.25) is 5.91 Å². The Balaban J connectivity index is 2.35. The number of rotatable bonds is 11. The minimum atomic E-state index is -0.963. The quantitative estimate of drug-likeness (QED) is 0.462. The van der Waals surface area contributed by atoms with E-state index in [0.29, 0.717) is 0 Å². The molecular weight excluding hydrogens is 444 g/mol.